The summed E-state index contributed by atoms with van der Waals surface area (Å²) in [6.45, 7) is 4.38. The second-order valence-corrected chi connectivity index (χ2v) is 2.89. The number of imidazole rings is 1. The molecule has 0 unspecified atom stereocenters. The van der Waals surface area contributed by atoms with E-state index in [0.717, 1.165) is 12.8 Å². The van der Waals surface area contributed by atoms with Gasteiger partial charge in [-0.25, -0.2) is 9.55 Å². The summed E-state index contributed by atoms with van der Waals surface area (Å²) >= 11 is 0. The summed E-state index contributed by atoms with van der Waals surface area (Å²) in [6.07, 6.45) is 5.57. The first kappa shape index (κ1) is 8.31. The third-order valence-electron chi connectivity index (χ3n) is 2.09. The number of aryl methyl sites for hydroxylation is 2. The first-order chi connectivity index (χ1) is 5.29. The van der Waals surface area contributed by atoms with Crippen LogP contribution in [0, 0.1) is 0 Å². The van der Waals surface area contributed by atoms with Gasteiger partial charge in [-0.05, 0) is 6.42 Å². The minimum atomic E-state index is 1.11. The smallest absolute Gasteiger partial charge is 0.247 e. The zero-order chi connectivity index (χ0) is 8.27. The average Bonchev–Trinajstić information content (AvgIpc) is 2.34. The van der Waals surface area contributed by atoms with Crippen LogP contribution in [-0.4, -0.2) is 4.98 Å². The van der Waals surface area contributed by atoms with Gasteiger partial charge in [0.05, 0.1) is 7.05 Å². The first-order valence-corrected chi connectivity index (χ1v) is 4.34. The molecule has 0 aliphatic rings. The topological polar surface area (TPSA) is 19.7 Å². The molecule has 0 aliphatic heterocycles. The van der Waals surface area contributed by atoms with Gasteiger partial charge < -0.3 is 0 Å². The largest absolute Gasteiger partial charge is 0.254 e. The van der Waals surface area contributed by atoms with Crippen LogP contribution in [0.15, 0.2) is 6.20 Å². The molecule has 11 heavy (non-hydrogen) atoms. The fourth-order valence-electron chi connectivity index (χ4n) is 1.35. The molecular formula is C9H17N2+. The van der Waals surface area contributed by atoms with Crippen LogP contribution in [0.2, 0.25) is 0 Å². The lowest BCUT2D eigenvalue weighted by Crippen LogP contribution is -2.35. The fourth-order valence-corrected chi connectivity index (χ4v) is 1.35. The molecule has 1 aromatic rings. The maximum Gasteiger partial charge on any atom is 0.254 e. The zero-order valence-electron chi connectivity index (χ0n) is 7.65. The van der Waals surface area contributed by atoms with E-state index in [-0.39, 0.29) is 0 Å². The molecule has 2 heteroatoms. The molecule has 0 saturated carbocycles. The van der Waals surface area contributed by atoms with E-state index in [2.05, 4.69) is 36.6 Å². The molecule has 0 bridgehead atoms. The highest BCUT2D eigenvalue weighted by molar-refractivity contribution is 4.90. The summed E-state index contributed by atoms with van der Waals surface area (Å²) in [7, 11) is 2.13. The lowest BCUT2D eigenvalue weighted by Gasteiger charge is -1.93. The lowest BCUT2D eigenvalue weighted by atomic mass is 10.3. The SMILES string of the molecule is CCCc1[nH]cc(CC)[n+]1C. The standard InChI is InChI=1S/C9H16N2/c1-4-6-9-10-7-8(5-2)11(9)3/h7H,4-6H2,1-3H3/p+1. The third-order valence-corrected chi connectivity index (χ3v) is 2.09. The van der Waals surface area contributed by atoms with Crippen molar-refractivity contribution in [3.8, 4) is 0 Å². The van der Waals surface area contributed by atoms with E-state index < -0.39 is 0 Å². The van der Waals surface area contributed by atoms with Crippen molar-refractivity contribution in [2.45, 2.75) is 33.1 Å². The van der Waals surface area contributed by atoms with Crippen molar-refractivity contribution in [1.82, 2.24) is 4.98 Å². The second-order valence-electron chi connectivity index (χ2n) is 2.89. The number of aromatic nitrogens is 2. The van der Waals surface area contributed by atoms with Gasteiger partial charge in [-0.3, -0.25) is 0 Å². The number of hydrogen-bond donors (Lipinski definition) is 1. The fraction of sp³-hybridized carbons (Fsp3) is 0.667. The molecule has 62 valence electrons. The summed E-state index contributed by atoms with van der Waals surface area (Å²) in [4.78, 5) is 3.29. The van der Waals surface area contributed by atoms with Gasteiger partial charge in [-0.15, -0.1) is 0 Å². The van der Waals surface area contributed by atoms with Crippen molar-refractivity contribution in [2.24, 2.45) is 7.05 Å². The molecule has 0 saturated heterocycles. The Bertz CT molecular complexity index is 225. The van der Waals surface area contributed by atoms with Gasteiger partial charge in [-0.2, -0.15) is 0 Å². The molecule has 0 aliphatic carbocycles. The highest BCUT2D eigenvalue weighted by Gasteiger charge is 2.10. The predicted octanol–water partition coefficient (Wildman–Crippen LogP) is 1.35. The quantitative estimate of drug-likeness (QED) is 0.632. The maximum absolute atomic E-state index is 3.29. The number of H-pyrrole nitrogens is 1. The molecule has 0 spiro atoms. The van der Waals surface area contributed by atoms with Crippen molar-refractivity contribution >= 4 is 0 Å². The first-order valence-electron chi connectivity index (χ1n) is 4.34. The molecule has 2 nitrogen and oxygen atoms in total. The molecule has 1 aromatic heterocycles. The molecule has 0 atom stereocenters. The van der Waals surface area contributed by atoms with Crippen LogP contribution in [0.4, 0.5) is 0 Å². The van der Waals surface area contributed by atoms with Crippen molar-refractivity contribution in [2.75, 3.05) is 0 Å². The van der Waals surface area contributed by atoms with E-state index in [1.807, 2.05) is 0 Å². The number of rotatable bonds is 3. The molecule has 1 rings (SSSR count). The zero-order valence-corrected chi connectivity index (χ0v) is 7.65. The summed E-state index contributed by atoms with van der Waals surface area (Å²) in [5.41, 5.74) is 1.38. The normalized spacial score (nSPS) is 10.5. The number of nitrogens with one attached hydrogen (secondary N) is 1. The Balaban J connectivity index is 2.82. The molecule has 1 heterocycles. The van der Waals surface area contributed by atoms with Crippen molar-refractivity contribution in [3.63, 3.8) is 0 Å². The Kier molecular flexibility index (Phi) is 2.69. The Morgan fingerprint density at radius 3 is 2.64 bits per heavy atom. The van der Waals surface area contributed by atoms with E-state index in [1.54, 1.807) is 0 Å². The van der Waals surface area contributed by atoms with Crippen LogP contribution in [-0.2, 0) is 19.9 Å². The minimum absolute atomic E-state index is 1.11. The summed E-state index contributed by atoms with van der Waals surface area (Å²) in [5, 5.41) is 0. The highest BCUT2D eigenvalue weighted by atomic mass is 15.1. The highest BCUT2D eigenvalue weighted by Crippen LogP contribution is 1.96. The van der Waals surface area contributed by atoms with E-state index in [0.29, 0.717) is 0 Å². The molecule has 0 amide bonds. The average molecular weight is 153 g/mol. The van der Waals surface area contributed by atoms with Crippen LogP contribution in [0.3, 0.4) is 0 Å². The summed E-state index contributed by atoms with van der Waals surface area (Å²) in [6, 6.07) is 0. The van der Waals surface area contributed by atoms with Gasteiger partial charge in [-0.1, -0.05) is 13.8 Å². The Morgan fingerprint density at radius 2 is 2.18 bits per heavy atom. The van der Waals surface area contributed by atoms with Gasteiger partial charge in [0.25, 0.3) is 5.82 Å². The second kappa shape index (κ2) is 3.56. The van der Waals surface area contributed by atoms with Gasteiger partial charge in [0.15, 0.2) is 0 Å². The number of hydrogen-bond acceptors (Lipinski definition) is 0. The van der Waals surface area contributed by atoms with Gasteiger partial charge >= 0.3 is 0 Å². The van der Waals surface area contributed by atoms with Crippen LogP contribution in [0.25, 0.3) is 0 Å². The molecule has 0 fully saturated rings. The van der Waals surface area contributed by atoms with Crippen LogP contribution >= 0.6 is 0 Å². The summed E-state index contributed by atoms with van der Waals surface area (Å²) in [5.74, 6) is 1.34. The van der Waals surface area contributed by atoms with E-state index in [9.17, 15) is 0 Å². The van der Waals surface area contributed by atoms with Crippen molar-refractivity contribution in [1.29, 1.82) is 0 Å². The molecule has 1 N–H and O–H groups in total. The van der Waals surface area contributed by atoms with Gasteiger partial charge in [0.1, 0.15) is 11.9 Å². The number of aromatic amines is 1. The van der Waals surface area contributed by atoms with Crippen molar-refractivity contribution < 1.29 is 4.57 Å². The monoisotopic (exact) mass is 153 g/mol. The number of nitrogens with zero attached hydrogens (tertiary/aromatic N) is 1. The molecule has 0 aromatic carbocycles. The van der Waals surface area contributed by atoms with E-state index in [4.69, 9.17) is 0 Å². The Hall–Kier alpha value is -0.790. The Labute approximate surface area is 68.3 Å². The lowest BCUT2D eigenvalue weighted by molar-refractivity contribution is -0.685. The van der Waals surface area contributed by atoms with Crippen LogP contribution in [0.5, 0.6) is 0 Å². The maximum atomic E-state index is 3.29. The molecular weight excluding hydrogens is 136 g/mol. The molecule has 0 radical (unpaired) electrons. The van der Waals surface area contributed by atoms with E-state index >= 15 is 0 Å². The van der Waals surface area contributed by atoms with Gasteiger partial charge in [0, 0.05) is 12.8 Å². The Morgan fingerprint density at radius 1 is 1.45 bits per heavy atom. The van der Waals surface area contributed by atoms with E-state index in [1.165, 1.54) is 17.9 Å². The van der Waals surface area contributed by atoms with Crippen LogP contribution in [0.1, 0.15) is 31.8 Å². The van der Waals surface area contributed by atoms with Crippen LogP contribution < -0.4 is 4.57 Å². The predicted molar refractivity (Wildman–Crippen MR) is 45.3 cm³/mol. The van der Waals surface area contributed by atoms with Gasteiger partial charge in [0.2, 0.25) is 0 Å². The van der Waals surface area contributed by atoms with Crippen molar-refractivity contribution in [3.05, 3.63) is 17.7 Å². The third kappa shape index (κ3) is 1.62. The minimum Gasteiger partial charge on any atom is -0.247 e. The summed E-state index contributed by atoms with van der Waals surface area (Å²) < 4.78 is 2.25.